The Balaban J connectivity index is 2.48. The van der Waals surface area contributed by atoms with Crippen LogP contribution in [0.15, 0.2) is 5.51 Å². The Bertz CT molecular complexity index is 268. The molecule has 0 saturated heterocycles. The van der Waals surface area contributed by atoms with Crippen LogP contribution >= 0.6 is 22.9 Å². The smallest absolute Gasteiger partial charge is 0.0797 e. The minimum Gasteiger partial charge on any atom is -0.250 e. The molecule has 3 heteroatoms. The van der Waals surface area contributed by atoms with E-state index in [-0.39, 0.29) is 5.41 Å². The van der Waals surface area contributed by atoms with Gasteiger partial charge in [-0.3, -0.25) is 0 Å². The molecule has 0 aliphatic heterocycles. The molecule has 74 valence electrons. The highest BCUT2D eigenvalue weighted by molar-refractivity contribution is 7.09. The highest BCUT2D eigenvalue weighted by Gasteiger charge is 2.16. The van der Waals surface area contributed by atoms with Crippen LogP contribution in [0.5, 0.6) is 0 Å². The SMILES string of the molecule is Cc1ncsc1CCC(C)(C)CCl. The first-order chi connectivity index (χ1) is 6.05. The second kappa shape index (κ2) is 4.43. The maximum absolute atomic E-state index is 5.86. The van der Waals surface area contributed by atoms with Gasteiger partial charge in [-0.05, 0) is 25.2 Å². The third-order valence-corrected chi connectivity index (χ3v) is 3.95. The fraction of sp³-hybridized carbons (Fsp3) is 0.700. The van der Waals surface area contributed by atoms with Gasteiger partial charge in [0.25, 0.3) is 0 Å². The summed E-state index contributed by atoms with van der Waals surface area (Å²) in [6.45, 7) is 6.48. The van der Waals surface area contributed by atoms with E-state index in [1.807, 2.05) is 5.51 Å². The molecule has 0 bridgehead atoms. The first-order valence-electron chi connectivity index (χ1n) is 4.50. The van der Waals surface area contributed by atoms with Crippen molar-refractivity contribution < 1.29 is 0 Å². The van der Waals surface area contributed by atoms with E-state index in [2.05, 4.69) is 25.8 Å². The van der Waals surface area contributed by atoms with E-state index >= 15 is 0 Å². The number of nitrogens with zero attached hydrogens (tertiary/aromatic N) is 1. The molecule has 0 spiro atoms. The van der Waals surface area contributed by atoms with Crippen molar-refractivity contribution >= 4 is 22.9 Å². The molecule has 1 aromatic rings. The second-order valence-corrected chi connectivity index (χ2v) is 5.37. The summed E-state index contributed by atoms with van der Waals surface area (Å²) in [5.74, 6) is 0.727. The molecule has 0 unspecified atom stereocenters. The van der Waals surface area contributed by atoms with Gasteiger partial charge in [0.1, 0.15) is 0 Å². The molecule has 0 amide bonds. The number of aromatic nitrogens is 1. The Kier molecular flexibility index (Phi) is 3.74. The monoisotopic (exact) mass is 217 g/mol. The molecular formula is C10H16ClNS. The van der Waals surface area contributed by atoms with Gasteiger partial charge in [0.15, 0.2) is 0 Å². The van der Waals surface area contributed by atoms with E-state index in [4.69, 9.17) is 11.6 Å². The van der Waals surface area contributed by atoms with E-state index in [1.54, 1.807) is 11.3 Å². The van der Waals surface area contributed by atoms with Gasteiger partial charge in [-0.1, -0.05) is 13.8 Å². The highest BCUT2D eigenvalue weighted by atomic mass is 35.5. The van der Waals surface area contributed by atoms with Crippen LogP contribution in [0.1, 0.15) is 30.8 Å². The van der Waals surface area contributed by atoms with E-state index in [0.29, 0.717) is 0 Å². The van der Waals surface area contributed by atoms with Crippen LogP contribution in [0.2, 0.25) is 0 Å². The first-order valence-corrected chi connectivity index (χ1v) is 5.91. The molecule has 1 aromatic heterocycles. The summed E-state index contributed by atoms with van der Waals surface area (Å²) >= 11 is 7.61. The topological polar surface area (TPSA) is 12.9 Å². The molecular weight excluding hydrogens is 202 g/mol. The van der Waals surface area contributed by atoms with Crippen molar-refractivity contribution in [2.45, 2.75) is 33.6 Å². The molecule has 13 heavy (non-hydrogen) atoms. The zero-order valence-electron chi connectivity index (χ0n) is 8.43. The van der Waals surface area contributed by atoms with E-state index < -0.39 is 0 Å². The molecule has 0 atom stereocenters. The van der Waals surface area contributed by atoms with Crippen molar-refractivity contribution in [3.63, 3.8) is 0 Å². The van der Waals surface area contributed by atoms with Crippen LogP contribution in [0, 0.1) is 12.3 Å². The Hall–Kier alpha value is -0.0800. The normalized spacial score (nSPS) is 12.0. The average molecular weight is 218 g/mol. The Morgan fingerprint density at radius 1 is 1.54 bits per heavy atom. The summed E-state index contributed by atoms with van der Waals surface area (Å²) in [5.41, 5.74) is 3.34. The van der Waals surface area contributed by atoms with Crippen LogP contribution in [0.3, 0.4) is 0 Å². The molecule has 0 N–H and O–H groups in total. The summed E-state index contributed by atoms with van der Waals surface area (Å²) in [5, 5.41) is 0. The molecule has 1 nitrogen and oxygen atoms in total. The molecule has 0 aliphatic carbocycles. The summed E-state index contributed by atoms with van der Waals surface area (Å²) in [6, 6.07) is 0. The van der Waals surface area contributed by atoms with Crippen molar-refractivity contribution in [3.05, 3.63) is 16.1 Å². The van der Waals surface area contributed by atoms with Crippen molar-refractivity contribution in [3.8, 4) is 0 Å². The highest BCUT2D eigenvalue weighted by Crippen LogP contribution is 2.26. The van der Waals surface area contributed by atoms with Gasteiger partial charge in [-0.15, -0.1) is 22.9 Å². The Morgan fingerprint density at radius 2 is 2.23 bits per heavy atom. The lowest BCUT2D eigenvalue weighted by Crippen LogP contribution is -2.14. The van der Waals surface area contributed by atoms with Crippen molar-refractivity contribution in [1.29, 1.82) is 0 Å². The van der Waals surface area contributed by atoms with Gasteiger partial charge >= 0.3 is 0 Å². The van der Waals surface area contributed by atoms with E-state index in [0.717, 1.165) is 18.7 Å². The molecule has 0 radical (unpaired) electrons. The van der Waals surface area contributed by atoms with E-state index in [1.165, 1.54) is 10.6 Å². The minimum atomic E-state index is 0.248. The average Bonchev–Trinajstić information content (AvgIpc) is 2.48. The summed E-state index contributed by atoms with van der Waals surface area (Å²) < 4.78 is 0. The fourth-order valence-corrected chi connectivity index (χ4v) is 2.00. The lowest BCUT2D eigenvalue weighted by Gasteiger charge is -2.20. The standard InChI is InChI=1S/C10H16ClNS/c1-8-9(13-7-12-8)4-5-10(2,3)6-11/h7H,4-6H2,1-3H3. The largest absolute Gasteiger partial charge is 0.250 e. The molecule has 0 saturated carbocycles. The summed E-state index contributed by atoms with van der Waals surface area (Å²) in [4.78, 5) is 5.63. The van der Waals surface area contributed by atoms with Crippen molar-refractivity contribution in [2.75, 3.05) is 5.88 Å². The Labute approximate surface area is 89.1 Å². The molecule has 1 heterocycles. The van der Waals surface area contributed by atoms with Crippen LogP contribution < -0.4 is 0 Å². The maximum Gasteiger partial charge on any atom is 0.0797 e. The van der Waals surface area contributed by atoms with Gasteiger partial charge in [-0.2, -0.15) is 0 Å². The fourth-order valence-electron chi connectivity index (χ4n) is 1.08. The van der Waals surface area contributed by atoms with Crippen LogP contribution in [0.25, 0.3) is 0 Å². The zero-order valence-corrected chi connectivity index (χ0v) is 10.0. The third-order valence-electron chi connectivity index (χ3n) is 2.24. The van der Waals surface area contributed by atoms with Gasteiger partial charge < -0.3 is 0 Å². The lowest BCUT2D eigenvalue weighted by atomic mass is 9.90. The minimum absolute atomic E-state index is 0.248. The lowest BCUT2D eigenvalue weighted by molar-refractivity contribution is 0.385. The van der Waals surface area contributed by atoms with Crippen molar-refractivity contribution in [2.24, 2.45) is 5.41 Å². The number of halogens is 1. The quantitative estimate of drug-likeness (QED) is 0.702. The summed E-state index contributed by atoms with van der Waals surface area (Å²) in [6.07, 6.45) is 2.25. The second-order valence-electron chi connectivity index (χ2n) is 4.16. The third kappa shape index (κ3) is 3.28. The number of aryl methyl sites for hydroxylation is 2. The van der Waals surface area contributed by atoms with Crippen LogP contribution in [-0.4, -0.2) is 10.9 Å². The Morgan fingerprint density at radius 3 is 2.69 bits per heavy atom. The number of alkyl halides is 1. The zero-order chi connectivity index (χ0) is 9.90. The van der Waals surface area contributed by atoms with Gasteiger partial charge in [0.05, 0.1) is 11.2 Å². The predicted octanol–water partition coefficient (Wildman–Crippen LogP) is 3.65. The van der Waals surface area contributed by atoms with Crippen molar-refractivity contribution in [1.82, 2.24) is 4.98 Å². The maximum atomic E-state index is 5.86. The molecule has 1 rings (SSSR count). The molecule has 0 aromatic carbocycles. The molecule has 0 aliphatic rings. The number of hydrogen-bond donors (Lipinski definition) is 0. The number of rotatable bonds is 4. The van der Waals surface area contributed by atoms with E-state index in [9.17, 15) is 0 Å². The first kappa shape index (κ1) is 11.0. The summed E-state index contributed by atoms with van der Waals surface area (Å²) in [7, 11) is 0. The van der Waals surface area contributed by atoms with Gasteiger partial charge in [0, 0.05) is 10.8 Å². The number of hydrogen-bond acceptors (Lipinski definition) is 2. The van der Waals surface area contributed by atoms with Crippen LogP contribution in [-0.2, 0) is 6.42 Å². The number of thiazole rings is 1. The molecule has 0 fully saturated rings. The van der Waals surface area contributed by atoms with Gasteiger partial charge in [0.2, 0.25) is 0 Å². The van der Waals surface area contributed by atoms with Gasteiger partial charge in [-0.25, -0.2) is 4.98 Å². The van der Waals surface area contributed by atoms with Crippen LogP contribution in [0.4, 0.5) is 0 Å². The predicted molar refractivity (Wildman–Crippen MR) is 59.7 cm³/mol.